The van der Waals surface area contributed by atoms with Crippen LogP contribution in [0.3, 0.4) is 0 Å². The summed E-state index contributed by atoms with van der Waals surface area (Å²) in [5.41, 5.74) is 2.05. The van der Waals surface area contributed by atoms with Gasteiger partial charge in [-0.3, -0.25) is 9.59 Å². The molecule has 0 bridgehead atoms. The van der Waals surface area contributed by atoms with Crippen LogP contribution in [-0.2, 0) is 19.1 Å². The number of benzene rings is 2. The van der Waals surface area contributed by atoms with Gasteiger partial charge in [-0.25, -0.2) is 0 Å². The third-order valence-electron chi connectivity index (χ3n) is 4.12. The Bertz CT molecular complexity index is 691. The standard InChI is InChI=1S/C17H12O3S2/c18-15-13-14(16(19)20-15)21-22-17(13,11-7-3-1-4-8-11)12-9-5-2-6-10-12/h1-10,13-14H. The van der Waals surface area contributed by atoms with Gasteiger partial charge in [0.1, 0.15) is 11.2 Å². The quantitative estimate of drug-likeness (QED) is 0.480. The minimum Gasteiger partial charge on any atom is -0.392 e. The van der Waals surface area contributed by atoms with Gasteiger partial charge < -0.3 is 4.74 Å². The molecule has 0 aromatic heterocycles. The Labute approximate surface area is 135 Å². The van der Waals surface area contributed by atoms with E-state index in [-0.39, 0.29) is 0 Å². The van der Waals surface area contributed by atoms with E-state index in [9.17, 15) is 9.59 Å². The topological polar surface area (TPSA) is 43.4 Å². The molecule has 2 aliphatic rings. The van der Waals surface area contributed by atoms with Gasteiger partial charge >= 0.3 is 11.9 Å². The smallest absolute Gasteiger partial charge is 0.328 e. The largest absolute Gasteiger partial charge is 0.392 e. The van der Waals surface area contributed by atoms with Crippen LogP contribution in [0, 0.1) is 5.92 Å². The fourth-order valence-corrected chi connectivity index (χ4v) is 7.05. The maximum Gasteiger partial charge on any atom is 0.328 e. The molecule has 2 unspecified atom stereocenters. The Morgan fingerprint density at radius 1 is 0.818 bits per heavy atom. The molecule has 0 aliphatic carbocycles. The van der Waals surface area contributed by atoms with Crippen molar-refractivity contribution in [2.45, 2.75) is 10.00 Å². The monoisotopic (exact) mass is 328 g/mol. The van der Waals surface area contributed by atoms with E-state index in [4.69, 9.17) is 4.74 Å². The number of rotatable bonds is 2. The summed E-state index contributed by atoms with van der Waals surface area (Å²) in [5.74, 6) is -1.32. The Balaban J connectivity index is 1.95. The van der Waals surface area contributed by atoms with Gasteiger partial charge in [0.2, 0.25) is 0 Å². The van der Waals surface area contributed by atoms with Crippen molar-refractivity contribution >= 4 is 33.5 Å². The molecule has 0 radical (unpaired) electrons. The molecular weight excluding hydrogens is 316 g/mol. The minimum atomic E-state index is -0.582. The third kappa shape index (κ3) is 1.85. The van der Waals surface area contributed by atoms with Crippen LogP contribution < -0.4 is 0 Å². The number of carbonyl (C=O) groups excluding carboxylic acids is 2. The van der Waals surface area contributed by atoms with E-state index in [0.717, 1.165) is 11.1 Å². The number of carbonyl (C=O) groups is 2. The third-order valence-corrected chi connectivity index (χ3v) is 7.57. The van der Waals surface area contributed by atoms with Gasteiger partial charge in [0.15, 0.2) is 0 Å². The Kier molecular flexibility index (Phi) is 3.27. The molecule has 0 saturated carbocycles. The fourth-order valence-electron chi connectivity index (χ4n) is 3.13. The number of fused-ring (bicyclic) bond motifs is 1. The molecule has 2 atom stereocenters. The lowest BCUT2D eigenvalue weighted by Crippen LogP contribution is -2.36. The fraction of sp³-hybridized carbons (Fsp3) is 0.176. The van der Waals surface area contributed by atoms with E-state index in [1.165, 1.54) is 10.8 Å². The molecule has 5 heteroatoms. The van der Waals surface area contributed by atoms with Gasteiger partial charge in [0.25, 0.3) is 0 Å². The molecule has 2 aromatic rings. The summed E-state index contributed by atoms with van der Waals surface area (Å²) in [6.07, 6.45) is 0. The molecular formula is C17H12O3S2. The molecule has 3 nitrogen and oxygen atoms in total. The highest BCUT2D eigenvalue weighted by Gasteiger charge is 2.63. The van der Waals surface area contributed by atoms with Crippen LogP contribution in [0.15, 0.2) is 60.7 Å². The lowest BCUT2D eigenvalue weighted by Gasteiger charge is -2.32. The lowest BCUT2D eigenvalue weighted by molar-refractivity contribution is -0.153. The first-order chi connectivity index (χ1) is 10.7. The maximum absolute atomic E-state index is 12.4. The van der Waals surface area contributed by atoms with E-state index < -0.39 is 27.9 Å². The van der Waals surface area contributed by atoms with Crippen LogP contribution in [0.25, 0.3) is 0 Å². The molecule has 110 valence electrons. The zero-order valence-electron chi connectivity index (χ0n) is 11.5. The molecule has 22 heavy (non-hydrogen) atoms. The van der Waals surface area contributed by atoms with Crippen molar-refractivity contribution in [3.63, 3.8) is 0 Å². The van der Waals surface area contributed by atoms with Gasteiger partial charge in [-0.1, -0.05) is 82.3 Å². The van der Waals surface area contributed by atoms with Crippen LogP contribution >= 0.6 is 21.6 Å². The number of esters is 2. The van der Waals surface area contributed by atoms with Crippen LogP contribution in [0.2, 0.25) is 0 Å². The highest BCUT2D eigenvalue weighted by molar-refractivity contribution is 8.78. The molecule has 2 aliphatic heterocycles. The van der Waals surface area contributed by atoms with E-state index >= 15 is 0 Å². The summed E-state index contributed by atoms with van der Waals surface area (Å²) in [7, 11) is 3.03. The Hall–Kier alpha value is -1.72. The SMILES string of the molecule is O=C1OC(=O)C2C1SSC2(c1ccccc1)c1ccccc1. The van der Waals surface area contributed by atoms with E-state index in [1.807, 2.05) is 60.7 Å². The summed E-state index contributed by atoms with van der Waals surface area (Å²) in [6.45, 7) is 0. The van der Waals surface area contributed by atoms with Gasteiger partial charge in [0, 0.05) is 0 Å². The lowest BCUT2D eigenvalue weighted by atomic mass is 9.78. The molecule has 0 spiro atoms. The van der Waals surface area contributed by atoms with Crippen LogP contribution in [0.5, 0.6) is 0 Å². The predicted molar refractivity (Wildman–Crippen MR) is 87.2 cm³/mol. The summed E-state index contributed by atoms with van der Waals surface area (Å²) in [6, 6.07) is 19.8. The first-order valence-corrected chi connectivity index (χ1v) is 9.16. The molecule has 0 N–H and O–H groups in total. The second-order valence-corrected chi connectivity index (χ2v) is 7.87. The number of cyclic esters (lactones) is 2. The number of hydrogen-bond donors (Lipinski definition) is 0. The van der Waals surface area contributed by atoms with E-state index in [2.05, 4.69) is 0 Å². The van der Waals surface area contributed by atoms with Gasteiger partial charge in [0.05, 0.1) is 4.75 Å². The van der Waals surface area contributed by atoms with Crippen LogP contribution in [0.1, 0.15) is 11.1 Å². The zero-order valence-corrected chi connectivity index (χ0v) is 13.1. The van der Waals surface area contributed by atoms with Gasteiger partial charge in [-0.15, -0.1) is 0 Å². The summed E-state index contributed by atoms with van der Waals surface area (Å²) < 4.78 is 4.33. The molecule has 0 amide bonds. The normalized spacial score (nSPS) is 25.8. The maximum atomic E-state index is 12.4. The second-order valence-electron chi connectivity index (χ2n) is 5.29. The second kappa shape index (κ2) is 5.18. The molecule has 2 heterocycles. The first kappa shape index (κ1) is 13.9. The molecule has 2 aromatic carbocycles. The average molecular weight is 328 g/mol. The van der Waals surface area contributed by atoms with Crippen molar-refractivity contribution in [1.29, 1.82) is 0 Å². The van der Waals surface area contributed by atoms with Gasteiger partial charge in [-0.05, 0) is 11.1 Å². The van der Waals surface area contributed by atoms with Gasteiger partial charge in [-0.2, -0.15) is 0 Å². The first-order valence-electron chi connectivity index (χ1n) is 6.94. The minimum absolute atomic E-state index is 0.416. The van der Waals surface area contributed by atoms with Crippen molar-refractivity contribution in [2.24, 2.45) is 5.92 Å². The molecule has 4 rings (SSSR count). The highest BCUT2D eigenvalue weighted by Crippen LogP contribution is 2.65. The zero-order chi connectivity index (χ0) is 15.2. The summed E-state index contributed by atoms with van der Waals surface area (Å²) in [5, 5.41) is -0.432. The van der Waals surface area contributed by atoms with Crippen molar-refractivity contribution < 1.29 is 14.3 Å². The van der Waals surface area contributed by atoms with Crippen molar-refractivity contribution in [2.75, 3.05) is 0 Å². The molecule has 2 fully saturated rings. The predicted octanol–water partition coefficient (Wildman–Crippen LogP) is 3.39. The number of hydrogen-bond acceptors (Lipinski definition) is 5. The van der Waals surface area contributed by atoms with E-state index in [0.29, 0.717) is 0 Å². The average Bonchev–Trinajstić information content (AvgIpc) is 3.10. The summed E-state index contributed by atoms with van der Waals surface area (Å²) in [4.78, 5) is 24.3. The summed E-state index contributed by atoms with van der Waals surface area (Å²) >= 11 is 0. The Morgan fingerprint density at radius 2 is 1.36 bits per heavy atom. The van der Waals surface area contributed by atoms with Crippen LogP contribution in [-0.4, -0.2) is 17.2 Å². The van der Waals surface area contributed by atoms with Crippen molar-refractivity contribution in [3.8, 4) is 0 Å². The number of ether oxygens (including phenoxy) is 1. The van der Waals surface area contributed by atoms with E-state index in [1.54, 1.807) is 10.8 Å². The Morgan fingerprint density at radius 3 is 1.91 bits per heavy atom. The molecule has 2 saturated heterocycles. The van der Waals surface area contributed by atoms with Crippen molar-refractivity contribution in [1.82, 2.24) is 0 Å². The highest BCUT2D eigenvalue weighted by atomic mass is 33.1. The van der Waals surface area contributed by atoms with Crippen molar-refractivity contribution in [3.05, 3.63) is 71.8 Å². The van der Waals surface area contributed by atoms with Crippen LogP contribution in [0.4, 0.5) is 0 Å².